The van der Waals surface area contributed by atoms with Gasteiger partial charge in [0.05, 0.1) is 29.7 Å². The summed E-state index contributed by atoms with van der Waals surface area (Å²) in [6.07, 6.45) is 6.62. The fourth-order valence-electron chi connectivity index (χ4n) is 2.78. The summed E-state index contributed by atoms with van der Waals surface area (Å²) in [6, 6.07) is 5.56. The summed E-state index contributed by atoms with van der Waals surface area (Å²) in [7, 11) is 0. The molecule has 0 atom stereocenters. The molecular weight excluding hydrogens is 306 g/mol. The van der Waals surface area contributed by atoms with E-state index in [1.54, 1.807) is 12.4 Å². The molecule has 2 aromatic heterocycles. The van der Waals surface area contributed by atoms with Crippen molar-refractivity contribution >= 4 is 11.8 Å². The quantitative estimate of drug-likeness (QED) is 0.830. The van der Waals surface area contributed by atoms with Crippen molar-refractivity contribution in [2.45, 2.75) is 38.8 Å². The summed E-state index contributed by atoms with van der Waals surface area (Å²) in [4.78, 5) is 28.2. The monoisotopic (exact) mass is 327 g/mol. The van der Waals surface area contributed by atoms with Gasteiger partial charge in [0, 0.05) is 25.7 Å². The van der Waals surface area contributed by atoms with Gasteiger partial charge in [-0.1, -0.05) is 6.07 Å². The van der Waals surface area contributed by atoms with Crippen LogP contribution in [0.4, 0.5) is 0 Å². The molecule has 3 heterocycles. The maximum atomic E-state index is 12.2. The third-order valence-corrected chi connectivity index (χ3v) is 4.06. The molecule has 0 fully saturated rings. The zero-order valence-corrected chi connectivity index (χ0v) is 13.5. The van der Waals surface area contributed by atoms with E-state index in [0.29, 0.717) is 18.7 Å². The zero-order valence-electron chi connectivity index (χ0n) is 13.5. The minimum absolute atomic E-state index is 0.113. The van der Waals surface area contributed by atoms with E-state index in [1.807, 2.05) is 22.9 Å². The number of pyridine rings is 1. The SMILES string of the molecule is O=C(CCNC(=O)c1cnn2c1CCCC2)NCc1ccccn1. The van der Waals surface area contributed by atoms with Crippen LogP contribution >= 0.6 is 0 Å². The molecule has 0 aliphatic carbocycles. The number of nitrogens with one attached hydrogen (secondary N) is 2. The van der Waals surface area contributed by atoms with E-state index in [-0.39, 0.29) is 18.2 Å². The van der Waals surface area contributed by atoms with Crippen molar-refractivity contribution in [2.75, 3.05) is 6.54 Å². The van der Waals surface area contributed by atoms with Gasteiger partial charge in [0.25, 0.3) is 5.91 Å². The fourth-order valence-corrected chi connectivity index (χ4v) is 2.78. The minimum atomic E-state index is -0.157. The number of carbonyl (C=O) groups excluding carboxylic acids is 2. The van der Waals surface area contributed by atoms with Crippen LogP contribution < -0.4 is 10.6 Å². The maximum Gasteiger partial charge on any atom is 0.254 e. The van der Waals surface area contributed by atoms with Gasteiger partial charge in [0.1, 0.15) is 0 Å². The predicted octanol–water partition coefficient (Wildman–Crippen LogP) is 1.05. The first-order valence-corrected chi connectivity index (χ1v) is 8.23. The maximum absolute atomic E-state index is 12.2. The summed E-state index contributed by atoms with van der Waals surface area (Å²) >= 11 is 0. The number of carbonyl (C=O) groups is 2. The molecule has 2 amide bonds. The highest BCUT2D eigenvalue weighted by Gasteiger charge is 2.19. The third kappa shape index (κ3) is 3.98. The van der Waals surface area contributed by atoms with Crippen molar-refractivity contribution in [2.24, 2.45) is 0 Å². The molecule has 0 saturated heterocycles. The number of hydrogen-bond donors (Lipinski definition) is 2. The average Bonchev–Trinajstić information content (AvgIpc) is 3.05. The Morgan fingerprint density at radius 1 is 1.21 bits per heavy atom. The van der Waals surface area contributed by atoms with Gasteiger partial charge in [-0.25, -0.2) is 0 Å². The van der Waals surface area contributed by atoms with Gasteiger partial charge >= 0.3 is 0 Å². The van der Waals surface area contributed by atoms with Gasteiger partial charge in [-0.3, -0.25) is 19.3 Å². The van der Waals surface area contributed by atoms with E-state index in [2.05, 4.69) is 20.7 Å². The number of fused-ring (bicyclic) bond motifs is 1. The molecule has 0 aromatic carbocycles. The van der Waals surface area contributed by atoms with E-state index >= 15 is 0 Å². The first kappa shape index (κ1) is 16.2. The van der Waals surface area contributed by atoms with Crippen LogP contribution in [0.2, 0.25) is 0 Å². The predicted molar refractivity (Wildman–Crippen MR) is 88.2 cm³/mol. The molecule has 0 bridgehead atoms. The molecule has 1 aliphatic heterocycles. The number of hydrogen-bond acceptors (Lipinski definition) is 4. The summed E-state index contributed by atoms with van der Waals surface area (Å²) in [5.41, 5.74) is 2.43. The average molecular weight is 327 g/mol. The van der Waals surface area contributed by atoms with E-state index in [9.17, 15) is 9.59 Å². The second-order valence-electron chi connectivity index (χ2n) is 5.79. The molecule has 126 valence electrons. The van der Waals surface area contributed by atoms with Gasteiger partial charge in [-0.15, -0.1) is 0 Å². The van der Waals surface area contributed by atoms with Crippen LogP contribution in [0.5, 0.6) is 0 Å². The first-order chi connectivity index (χ1) is 11.7. The minimum Gasteiger partial charge on any atom is -0.351 e. The molecule has 0 radical (unpaired) electrons. The lowest BCUT2D eigenvalue weighted by molar-refractivity contribution is -0.121. The lowest BCUT2D eigenvalue weighted by atomic mass is 10.1. The lowest BCUT2D eigenvalue weighted by Gasteiger charge is -2.14. The Morgan fingerprint density at radius 3 is 2.96 bits per heavy atom. The second-order valence-corrected chi connectivity index (χ2v) is 5.79. The van der Waals surface area contributed by atoms with E-state index < -0.39 is 0 Å². The van der Waals surface area contributed by atoms with Gasteiger partial charge < -0.3 is 10.6 Å². The van der Waals surface area contributed by atoms with Crippen LogP contribution in [0.15, 0.2) is 30.6 Å². The van der Waals surface area contributed by atoms with Crippen molar-refractivity contribution in [3.8, 4) is 0 Å². The first-order valence-electron chi connectivity index (χ1n) is 8.23. The number of aryl methyl sites for hydroxylation is 1. The van der Waals surface area contributed by atoms with Crippen LogP contribution in [-0.2, 0) is 24.3 Å². The van der Waals surface area contributed by atoms with Crippen molar-refractivity contribution in [3.63, 3.8) is 0 Å². The Balaban J connectivity index is 1.42. The highest BCUT2D eigenvalue weighted by atomic mass is 16.2. The second kappa shape index (κ2) is 7.72. The number of rotatable bonds is 6. The van der Waals surface area contributed by atoms with Crippen molar-refractivity contribution in [3.05, 3.63) is 47.5 Å². The van der Waals surface area contributed by atoms with Gasteiger partial charge in [-0.2, -0.15) is 5.10 Å². The molecule has 0 saturated carbocycles. The van der Waals surface area contributed by atoms with Gasteiger partial charge in [0.15, 0.2) is 0 Å². The molecule has 1 aliphatic rings. The summed E-state index contributed by atoms with van der Waals surface area (Å²) in [5.74, 6) is -0.270. The lowest BCUT2D eigenvalue weighted by Crippen LogP contribution is -2.31. The summed E-state index contributed by atoms with van der Waals surface area (Å²) < 4.78 is 1.90. The molecule has 2 N–H and O–H groups in total. The fraction of sp³-hybridized carbons (Fsp3) is 0.412. The molecule has 7 nitrogen and oxygen atoms in total. The van der Waals surface area contributed by atoms with E-state index in [0.717, 1.165) is 37.2 Å². The Labute approximate surface area is 140 Å². The van der Waals surface area contributed by atoms with E-state index in [1.165, 1.54) is 0 Å². The number of amides is 2. The highest BCUT2D eigenvalue weighted by molar-refractivity contribution is 5.95. The van der Waals surface area contributed by atoms with Crippen LogP contribution in [0.1, 0.15) is 41.0 Å². The normalized spacial score (nSPS) is 13.2. The summed E-state index contributed by atoms with van der Waals surface area (Å²) in [5, 5.41) is 9.84. The number of nitrogens with zero attached hydrogens (tertiary/aromatic N) is 3. The summed E-state index contributed by atoms with van der Waals surface area (Å²) in [6.45, 7) is 1.57. The Morgan fingerprint density at radius 2 is 2.12 bits per heavy atom. The standard InChI is InChI=1S/C17H21N5O2/c23-16(20-11-13-5-1-3-8-18-13)7-9-19-17(24)14-12-21-22-10-4-2-6-15(14)22/h1,3,5,8,12H,2,4,6-7,9-11H2,(H,19,24)(H,20,23). The van der Waals surface area contributed by atoms with Crippen LogP contribution in [-0.4, -0.2) is 33.1 Å². The Bertz CT molecular complexity index is 711. The van der Waals surface area contributed by atoms with Crippen LogP contribution in [0.3, 0.4) is 0 Å². The smallest absolute Gasteiger partial charge is 0.254 e. The van der Waals surface area contributed by atoms with Gasteiger partial charge in [0.2, 0.25) is 5.91 Å². The van der Waals surface area contributed by atoms with Crippen LogP contribution in [0, 0.1) is 0 Å². The molecule has 0 spiro atoms. The largest absolute Gasteiger partial charge is 0.351 e. The van der Waals surface area contributed by atoms with Crippen molar-refractivity contribution in [1.29, 1.82) is 0 Å². The molecule has 24 heavy (non-hydrogen) atoms. The Hall–Kier alpha value is -2.70. The molecular formula is C17H21N5O2. The Kier molecular flexibility index (Phi) is 5.20. The molecule has 7 heteroatoms. The highest BCUT2D eigenvalue weighted by Crippen LogP contribution is 2.17. The van der Waals surface area contributed by atoms with Crippen LogP contribution in [0.25, 0.3) is 0 Å². The topological polar surface area (TPSA) is 88.9 Å². The van der Waals surface area contributed by atoms with Crippen molar-refractivity contribution < 1.29 is 9.59 Å². The zero-order chi connectivity index (χ0) is 16.8. The van der Waals surface area contributed by atoms with E-state index in [4.69, 9.17) is 0 Å². The van der Waals surface area contributed by atoms with Crippen molar-refractivity contribution in [1.82, 2.24) is 25.4 Å². The number of aromatic nitrogens is 3. The molecule has 2 aromatic rings. The third-order valence-electron chi connectivity index (χ3n) is 4.06. The molecule has 3 rings (SSSR count). The van der Waals surface area contributed by atoms with Gasteiger partial charge in [-0.05, 0) is 31.4 Å². The molecule has 0 unspecified atom stereocenters.